The van der Waals surface area contributed by atoms with Gasteiger partial charge in [-0.3, -0.25) is 14.5 Å². The lowest BCUT2D eigenvalue weighted by Crippen LogP contribution is -2.27. The van der Waals surface area contributed by atoms with Crippen molar-refractivity contribution in [2.75, 3.05) is 14.2 Å². The molecule has 0 spiro atoms. The van der Waals surface area contributed by atoms with E-state index in [1.807, 2.05) is 30.3 Å². The van der Waals surface area contributed by atoms with Crippen LogP contribution < -0.4 is 9.47 Å². The summed E-state index contributed by atoms with van der Waals surface area (Å²) in [5.74, 6) is 0.201. The first kappa shape index (κ1) is 24.6. The molecule has 1 fully saturated rings. The van der Waals surface area contributed by atoms with Crippen molar-refractivity contribution in [3.8, 4) is 11.5 Å². The van der Waals surface area contributed by atoms with Gasteiger partial charge in [-0.25, -0.2) is 4.79 Å². The van der Waals surface area contributed by atoms with E-state index in [1.54, 1.807) is 18.2 Å². The Labute approximate surface area is 214 Å². The lowest BCUT2D eigenvalue weighted by atomic mass is 10.1. The largest absolute Gasteiger partial charge is 0.493 e. The van der Waals surface area contributed by atoms with Gasteiger partial charge in [0.05, 0.1) is 25.7 Å². The summed E-state index contributed by atoms with van der Waals surface area (Å²) in [5.41, 5.74) is 1.66. The Hall–Kier alpha value is -3.50. The van der Waals surface area contributed by atoms with Crippen LogP contribution in [0, 0.1) is 0 Å². The number of ether oxygens (including phenoxy) is 3. The molecule has 1 aliphatic rings. The molecule has 0 atom stereocenters. The van der Waals surface area contributed by atoms with Crippen molar-refractivity contribution >= 4 is 50.9 Å². The molecule has 0 unspecified atom stereocenters. The molecule has 2 aromatic carbocycles. The third-order valence-electron chi connectivity index (χ3n) is 5.04. The number of thioether (sulfide) groups is 1. The highest BCUT2D eigenvalue weighted by Gasteiger charge is 2.36. The van der Waals surface area contributed by atoms with Crippen molar-refractivity contribution < 1.29 is 33.0 Å². The molecular weight excluding hydrogens is 538 g/mol. The fourth-order valence-electron chi connectivity index (χ4n) is 3.28. The van der Waals surface area contributed by atoms with Gasteiger partial charge in [0.15, 0.2) is 11.5 Å². The van der Waals surface area contributed by atoms with Gasteiger partial charge < -0.3 is 18.6 Å². The van der Waals surface area contributed by atoms with Crippen molar-refractivity contribution in [1.29, 1.82) is 0 Å². The molecule has 0 bridgehead atoms. The summed E-state index contributed by atoms with van der Waals surface area (Å²) in [5, 5.41) is -0.442. The smallest absolute Gasteiger partial charge is 0.373 e. The monoisotopic (exact) mass is 557 g/mol. The molecular formula is C25H20BrNO7S. The normalized spacial score (nSPS) is 14.5. The molecule has 4 rings (SSSR count). The molecule has 8 nitrogen and oxygen atoms in total. The lowest BCUT2D eigenvalue weighted by Gasteiger charge is -2.13. The Balaban J connectivity index is 1.51. The van der Waals surface area contributed by atoms with Gasteiger partial charge in [-0.15, -0.1) is 0 Å². The molecule has 0 aliphatic carbocycles. The molecule has 35 heavy (non-hydrogen) atoms. The van der Waals surface area contributed by atoms with Crippen LogP contribution in [0.1, 0.15) is 27.4 Å². The summed E-state index contributed by atoms with van der Waals surface area (Å²) in [6.07, 6.45) is 1.61. The summed E-state index contributed by atoms with van der Waals surface area (Å²) in [6.45, 7) is 0.266. The molecule has 2 amide bonds. The van der Waals surface area contributed by atoms with E-state index in [4.69, 9.17) is 13.9 Å². The predicted molar refractivity (Wildman–Crippen MR) is 133 cm³/mol. The SMILES string of the molecule is COC(=O)c1ccc(CN2C(=O)S/C(=C/c3cc(OC)c(OCc4ccccc4)cc3Br)C2=O)o1. The minimum Gasteiger partial charge on any atom is -0.493 e. The van der Waals surface area contributed by atoms with Crippen molar-refractivity contribution in [2.24, 2.45) is 0 Å². The molecule has 10 heteroatoms. The zero-order chi connectivity index (χ0) is 24.9. The second-order valence-electron chi connectivity index (χ2n) is 7.32. The Morgan fingerprint density at radius 2 is 1.86 bits per heavy atom. The number of furan rings is 1. The summed E-state index contributed by atoms with van der Waals surface area (Å²) in [6, 6.07) is 16.2. The molecule has 0 radical (unpaired) electrons. The third kappa shape index (κ3) is 5.60. The van der Waals surface area contributed by atoms with Crippen molar-refractivity contribution in [3.05, 3.63) is 86.6 Å². The number of carbonyl (C=O) groups excluding carboxylic acids is 3. The summed E-state index contributed by atoms with van der Waals surface area (Å²) in [4.78, 5) is 38.3. The van der Waals surface area contributed by atoms with E-state index in [-0.39, 0.29) is 23.0 Å². The Morgan fingerprint density at radius 3 is 2.57 bits per heavy atom. The second-order valence-corrected chi connectivity index (χ2v) is 9.17. The molecule has 3 aromatic rings. The van der Waals surface area contributed by atoms with Gasteiger partial charge in [0.25, 0.3) is 11.1 Å². The predicted octanol–water partition coefficient (Wildman–Crippen LogP) is 5.65. The first-order valence-electron chi connectivity index (χ1n) is 10.4. The van der Waals surface area contributed by atoms with E-state index in [2.05, 4.69) is 20.7 Å². The summed E-state index contributed by atoms with van der Waals surface area (Å²) < 4.78 is 22.0. The second kappa shape index (κ2) is 10.8. The van der Waals surface area contributed by atoms with Crippen LogP contribution in [0.5, 0.6) is 11.5 Å². The van der Waals surface area contributed by atoms with E-state index < -0.39 is 17.1 Å². The van der Waals surface area contributed by atoms with Crippen LogP contribution in [-0.2, 0) is 22.7 Å². The van der Waals surface area contributed by atoms with Gasteiger partial charge >= 0.3 is 5.97 Å². The third-order valence-corrected chi connectivity index (χ3v) is 6.64. The lowest BCUT2D eigenvalue weighted by molar-refractivity contribution is -0.123. The van der Waals surface area contributed by atoms with Crippen LogP contribution in [0.3, 0.4) is 0 Å². The number of hydrogen-bond acceptors (Lipinski definition) is 8. The van der Waals surface area contributed by atoms with E-state index in [1.165, 1.54) is 26.4 Å². The first-order chi connectivity index (χ1) is 16.9. The Kier molecular flexibility index (Phi) is 7.62. The number of halogens is 1. The quantitative estimate of drug-likeness (QED) is 0.259. The Morgan fingerprint density at radius 1 is 1.09 bits per heavy atom. The van der Waals surface area contributed by atoms with Crippen LogP contribution in [0.15, 0.2) is 68.4 Å². The van der Waals surface area contributed by atoms with Gasteiger partial charge in [-0.1, -0.05) is 46.3 Å². The van der Waals surface area contributed by atoms with Gasteiger partial charge in [-0.2, -0.15) is 0 Å². The molecule has 1 aromatic heterocycles. The Bertz CT molecular complexity index is 1300. The average molecular weight is 558 g/mol. The molecule has 2 heterocycles. The number of amides is 2. The standard InChI is InChI=1S/C25H20BrNO7S/c1-31-20-10-16(18(26)12-21(20)33-14-15-6-4-3-5-7-15)11-22-23(28)27(25(30)35-22)13-17-8-9-19(34-17)24(29)32-2/h3-12H,13-14H2,1-2H3/b22-11+. The maximum absolute atomic E-state index is 12.9. The van der Waals surface area contributed by atoms with E-state index in [9.17, 15) is 14.4 Å². The highest BCUT2D eigenvalue weighted by atomic mass is 79.9. The first-order valence-corrected chi connectivity index (χ1v) is 12.0. The van der Waals surface area contributed by atoms with Crippen LogP contribution in [0.25, 0.3) is 6.08 Å². The molecule has 0 N–H and O–H groups in total. The van der Waals surface area contributed by atoms with Gasteiger partial charge in [0.1, 0.15) is 12.4 Å². The van der Waals surface area contributed by atoms with Gasteiger partial charge in [0, 0.05) is 4.47 Å². The van der Waals surface area contributed by atoms with Gasteiger partial charge in [-0.05, 0) is 53.2 Å². The summed E-state index contributed by atoms with van der Waals surface area (Å²) in [7, 11) is 2.77. The number of hydrogen-bond donors (Lipinski definition) is 0. The number of carbonyl (C=O) groups is 3. The molecule has 1 aliphatic heterocycles. The maximum atomic E-state index is 12.9. The van der Waals surface area contributed by atoms with E-state index >= 15 is 0 Å². The molecule has 180 valence electrons. The summed E-state index contributed by atoms with van der Waals surface area (Å²) >= 11 is 4.33. The average Bonchev–Trinajstić information content (AvgIpc) is 3.44. The highest BCUT2D eigenvalue weighted by molar-refractivity contribution is 9.10. The maximum Gasteiger partial charge on any atom is 0.373 e. The topological polar surface area (TPSA) is 95.3 Å². The van der Waals surface area contributed by atoms with Crippen molar-refractivity contribution in [3.63, 3.8) is 0 Å². The number of nitrogens with zero attached hydrogens (tertiary/aromatic N) is 1. The number of rotatable bonds is 8. The van der Waals surface area contributed by atoms with Crippen LogP contribution in [-0.4, -0.2) is 36.2 Å². The van der Waals surface area contributed by atoms with Crippen molar-refractivity contribution in [1.82, 2.24) is 4.90 Å². The zero-order valence-corrected chi connectivity index (χ0v) is 21.2. The van der Waals surface area contributed by atoms with Crippen LogP contribution >= 0.6 is 27.7 Å². The molecule has 1 saturated heterocycles. The fraction of sp³-hybridized carbons (Fsp3) is 0.160. The van der Waals surface area contributed by atoms with E-state index in [0.717, 1.165) is 22.2 Å². The fourth-order valence-corrected chi connectivity index (χ4v) is 4.54. The number of benzene rings is 2. The number of esters is 1. The van der Waals surface area contributed by atoms with Crippen LogP contribution in [0.2, 0.25) is 0 Å². The van der Waals surface area contributed by atoms with E-state index in [0.29, 0.717) is 28.1 Å². The number of methoxy groups -OCH3 is 2. The van der Waals surface area contributed by atoms with Gasteiger partial charge in [0.2, 0.25) is 5.76 Å². The molecule has 0 saturated carbocycles. The van der Waals surface area contributed by atoms with Crippen molar-refractivity contribution in [2.45, 2.75) is 13.2 Å². The minimum absolute atomic E-state index is 0.00406. The zero-order valence-electron chi connectivity index (χ0n) is 18.8. The minimum atomic E-state index is -0.639. The number of imide groups is 1. The highest BCUT2D eigenvalue weighted by Crippen LogP contribution is 2.38. The van der Waals surface area contributed by atoms with Crippen LogP contribution in [0.4, 0.5) is 4.79 Å².